The molecule has 1 aliphatic rings. The number of hydrogen-bond donors (Lipinski definition) is 1. The number of imide groups is 2. The Balaban J connectivity index is 1.60. The van der Waals surface area contributed by atoms with Gasteiger partial charge in [-0.1, -0.05) is 97.1 Å². The summed E-state index contributed by atoms with van der Waals surface area (Å²) in [5.41, 5.74) is 6.26. The molecule has 2 heterocycles. The minimum atomic E-state index is -0.767. The van der Waals surface area contributed by atoms with Crippen LogP contribution >= 0.6 is 0 Å². The molecular formula is C34H25N3O3. The number of rotatable bonds is 5. The van der Waals surface area contributed by atoms with Gasteiger partial charge in [0, 0.05) is 11.3 Å². The maximum Gasteiger partial charge on any atom is 0.335 e. The molecule has 1 saturated heterocycles. The van der Waals surface area contributed by atoms with Crippen LogP contribution in [0.15, 0.2) is 127 Å². The number of para-hydroxylation sites is 2. The van der Waals surface area contributed by atoms with E-state index in [1.54, 1.807) is 18.2 Å². The molecule has 194 valence electrons. The molecule has 40 heavy (non-hydrogen) atoms. The second-order valence-electron chi connectivity index (χ2n) is 9.48. The minimum absolute atomic E-state index is 0.121. The minimum Gasteiger partial charge on any atom is -0.309 e. The van der Waals surface area contributed by atoms with Crippen LogP contribution in [0.5, 0.6) is 0 Å². The van der Waals surface area contributed by atoms with Crippen LogP contribution in [0, 0.1) is 6.92 Å². The molecule has 0 unspecified atom stereocenters. The Kier molecular flexibility index (Phi) is 6.42. The third kappa shape index (κ3) is 4.41. The predicted molar refractivity (Wildman–Crippen MR) is 157 cm³/mol. The molecule has 0 saturated carbocycles. The summed E-state index contributed by atoms with van der Waals surface area (Å²) in [4.78, 5) is 40.7. The summed E-state index contributed by atoms with van der Waals surface area (Å²) >= 11 is 0. The van der Waals surface area contributed by atoms with Gasteiger partial charge in [-0.15, -0.1) is 0 Å². The summed E-state index contributed by atoms with van der Waals surface area (Å²) in [5, 5.41) is 2.35. The van der Waals surface area contributed by atoms with Crippen molar-refractivity contribution in [1.82, 2.24) is 9.88 Å². The molecule has 1 N–H and O–H groups in total. The molecule has 1 fully saturated rings. The Morgan fingerprint density at radius 1 is 0.675 bits per heavy atom. The van der Waals surface area contributed by atoms with Gasteiger partial charge in [0.2, 0.25) is 0 Å². The Hall–Kier alpha value is -5.49. The lowest BCUT2D eigenvalue weighted by molar-refractivity contribution is -0.122. The van der Waals surface area contributed by atoms with E-state index in [2.05, 4.69) is 9.88 Å². The molecule has 6 nitrogen and oxygen atoms in total. The number of benzene rings is 4. The van der Waals surface area contributed by atoms with Crippen molar-refractivity contribution in [2.75, 3.05) is 4.90 Å². The lowest BCUT2D eigenvalue weighted by Crippen LogP contribution is -2.54. The second kappa shape index (κ2) is 10.3. The summed E-state index contributed by atoms with van der Waals surface area (Å²) in [6.07, 6.45) is 1.59. The van der Waals surface area contributed by atoms with Crippen molar-refractivity contribution in [1.29, 1.82) is 0 Å². The van der Waals surface area contributed by atoms with Crippen LogP contribution < -0.4 is 10.2 Å². The fourth-order valence-corrected chi connectivity index (χ4v) is 5.04. The standard InChI is InChI=1S/C34H25N3O3/c1-23-13-11-12-20-29(23)37-33(39)28(32(38)35-34(37)40)21-26-22-30(24-14-5-2-6-15-24)36(27-18-9-4-10-19-27)31(26)25-16-7-3-8-17-25/h2-22H,1H3,(H,35,38,40)/b28-21-. The van der Waals surface area contributed by atoms with Gasteiger partial charge in [-0.3, -0.25) is 14.9 Å². The van der Waals surface area contributed by atoms with E-state index in [0.29, 0.717) is 11.3 Å². The first-order valence-electron chi connectivity index (χ1n) is 12.9. The number of barbiturate groups is 1. The van der Waals surface area contributed by atoms with E-state index < -0.39 is 17.8 Å². The first-order chi connectivity index (χ1) is 19.5. The summed E-state index contributed by atoms with van der Waals surface area (Å²) in [5.74, 6) is -1.40. The molecule has 0 radical (unpaired) electrons. The maximum atomic E-state index is 13.8. The van der Waals surface area contributed by atoms with Crippen LogP contribution in [0.1, 0.15) is 11.1 Å². The number of amides is 4. The monoisotopic (exact) mass is 523 g/mol. The van der Waals surface area contributed by atoms with Crippen LogP contribution in [0.3, 0.4) is 0 Å². The zero-order valence-electron chi connectivity index (χ0n) is 21.7. The topological polar surface area (TPSA) is 71.4 Å². The summed E-state index contributed by atoms with van der Waals surface area (Å²) in [7, 11) is 0. The molecule has 1 aromatic heterocycles. The lowest BCUT2D eigenvalue weighted by atomic mass is 10.0. The smallest absolute Gasteiger partial charge is 0.309 e. The number of carbonyl (C=O) groups excluding carboxylic acids is 3. The molecule has 1 aliphatic heterocycles. The Bertz CT molecular complexity index is 1770. The summed E-state index contributed by atoms with van der Waals surface area (Å²) < 4.78 is 2.13. The normalized spacial score (nSPS) is 14.5. The Morgan fingerprint density at radius 2 is 1.25 bits per heavy atom. The van der Waals surface area contributed by atoms with Crippen LogP contribution in [0.25, 0.3) is 34.3 Å². The molecule has 4 amide bonds. The molecule has 6 rings (SSSR count). The number of aromatic nitrogens is 1. The molecule has 0 aliphatic carbocycles. The van der Waals surface area contributed by atoms with Gasteiger partial charge in [-0.25, -0.2) is 9.69 Å². The Morgan fingerprint density at radius 3 is 1.90 bits per heavy atom. The number of nitrogens with one attached hydrogen (secondary N) is 1. The van der Waals surface area contributed by atoms with Crippen LogP contribution in [0.4, 0.5) is 10.5 Å². The van der Waals surface area contributed by atoms with Crippen molar-refractivity contribution in [2.45, 2.75) is 6.92 Å². The molecule has 5 aromatic rings. The third-order valence-corrected chi connectivity index (χ3v) is 6.92. The van der Waals surface area contributed by atoms with Crippen molar-refractivity contribution < 1.29 is 14.4 Å². The van der Waals surface area contributed by atoms with Crippen molar-refractivity contribution in [3.8, 4) is 28.2 Å². The predicted octanol–water partition coefficient (Wildman–Crippen LogP) is 6.79. The highest BCUT2D eigenvalue weighted by Crippen LogP contribution is 2.37. The van der Waals surface area contributed by atoms with Crippen molar-refractivity contribution in [3.05, 3.63) is 138 Å². The molecule has 0 atom stereocenters. The zero-order chi connectivity index (χ0) is 27.6. The van der Waals surface area contributed by atoms with E-state index in [-0.39, 0.29) is 5.57 Å². The number of aryl methyl sites for hydroxylation is 1. The fraction of sp³-hybridized carbons (Fsp3) is 0.0294. The van der Waals surface area contributed by atoms with Crippen LogP contribution in [-0.2, 0) is 9.59 Å². The van der Waals surface area contributed by atoms with Gasteiger partial charge in [0.1, 0.15) is 5.57 Å². The highest BCUT2D eigenvalue weighted by atomic mass is 16.2. The van der Waals surface area contributed by atoms with Crippen LogP contribution in [-0.4, -0.2) is 22.4 Å². The number of hydrogen-bond acceptors (Lipinski definition) is 3. The van der Waals surface area contributed by atoms with Crippen molar-refractivity contribution >= 4 is 29.6 Å². The van der Waals surface area contributed by atoms with E-state index in [0.717, 1.165) is 38.7 Å². The highest BCUT2D eigenvalue weighted by molar-refractivity contribution is 6.39. The highest BCUT2D eigenvalue weighted by Gasteiger charge is 2.37. The van der Waals surface area contributed by atoms with Gasteiger partial charge in [0.05, 0.1) is 17.1 Å². The van der Waals surface area contributed by atoms with Crippen LogP contribution in [0.2, 0.25) is 0 Å². The fourth-order valence-electron chi connectivity index (χ4n) is 5.04. The van der Waals surface area contributed by atoms with E-state index >= 15 is 0 Å². The molecular weight excluding hydrogens is 498 g/mol. The number of urea groups is 1. The first kappa shape index (κ1) is 24.8. The molecule has 4 aromatic carbocycles. The van der Waals surface area contributed by atoms with E-state index in [4.69, 9.17) is 0 Å². The van der Waals surface area contributed by atoms with Gasteiger partial charge in [0.25, 0.3) is 11.8 Å². The van der Waals surface area contributed by atoms with Gasteiger partial charge in [-0.05, 0) is 54.0 Å². The largest absolute Gasteiger partial charge is 0.335 e. The van der Waals surface area contributed by atoms with Gasteiger partial charge in [-0.2, -0.15) is 0 Å². The van der Waals surface area contributed by atoms with Crippen molar-refractivity contribution in [3.63, 3.8) is 0 Å². The quantitative estimate of drug-likeness (QED) is 0.204. The van der Waals surface area contributed by atoms with Crippen molar-refractivity contribution in [2.24, 2.45) is 0 Å². The SMILES string of the molecule is Cc1ccccc1N1C(=O)NC(=O)/C(=C/c2cc(-c3ccccc3)n(-c3ccccc3)c2-c2ccccc2)C1=O. The molecule has 6 heteroatoms. The lowest BCUT2D eigenvalue weighted by Gasteiger charge is -2.27. The zero-order valence-corrected chi connectivity index (χ0v) is 21.7. The first-order valence-corrected chi connectivity index (χ1v) is 12.9. The molecule has 0 bridgehead atoms. The molecule has 0 spiro atoms. The summed E-state index contributed by atoms with van der Waals surface area (Å²) in [6.45, 7) is 1.81. The van der Waals surface area contributed by atoms with E-state index in [1.807, 2.05) is 116 Å². The summed E-state index contributed by atoms with van der Waals surface area (Å²) in [6, 6.07) is 38.0. The second-order valence-corrected chi connectivity index (χ2v) is 9.48. The number of carbonyl (C=O) groups is 3. The average molecular weight is 524 g/mol. The number of nitrogens with zero attached hydrogens (tertiary/aromatic N) is 2. The van der Waals surface area contributed by atoms with E-state index in [1.165, 1.54) is 0 Å². The van der Waals surface area contributed by atoms with Gasteiger partial charge < -0.3 is 4.57 Å². The van der Waals surface area contributed by atoms with Gasteiger partial charge >= 0.3 is 6.03 Å². The maximum absolute atomic E-state index is 13.8. The van der Waals surface area contributed by atoms with Gasteiger partial charge in [0.15, 0.2) is 0 Å². The number of anilines is 1. The third-order valence-electron chi connectivity index (χ3n) is 6.92. The average Bonchev–Trinajstić information content (AvgIpc) is 3.37. The Labute approximate surface area is 231 Å². The van der Waals surface area contributed by atoms with E-state index in [9.17, 15) is 14.4 Å².